The Morgan fingerprint density at radius 2 is 1.86 bits per heavy atom. The smallest absolute Gasteiger partial charge is 0.213 e. The van der Waals surface area contributed by atoms with Crippen LogP contribution in [0.5, 0.6) is 5.88 Å². The number of aromatic nitrogens is 1. The predicted molar refractivity (Wildman–Crippen MR) is 86.6 cm³/mol. The van der Waals surface area contributed by atoms with Crippen molar-refractivity contribution in [2.24, 2.45) is 0 Å². The Morgan fingerprint density at radius 1 is 1.19 bits per heavy atom. The number of ether oxygens (including phenoxy) is 1. The lowest BCUT2D eigenvalue weighted by Crippen LogP contribution is -2.39. The van der Waals surface area contributed by atoms with E-state index in [0.29, 0.717) is 24.6 Å². The fourth-order valence-corrected chi connectivity index (χ4v) is 2.54. The lowest BCUT2D eigenvalue weighted by atomic mass is 10.2. The third-order valence-corrected chi connectivity index (χ3v) is 3.53. The molecule has 0 saturated heterocycles. The van der Waals surface area contributed by atoms with E-state index in [1.807, 2.05) is 12.1 Å². The Hall–Kier alpha value is -1.13. The highest BCUT2D eigenvalue weighted by Crippen LogP contribution is 2.15. The molecular formula is C17H30N2O2. The molecule has 0 radical (unpaired) electrons. The first-order chi connectivity index (χ1) is 9.97. The van der Waals surface area contributed by atoms with Crippen LogP contribution in [0.15, 0.2) is 12.1 Å². The summed E-state index contributed by atoms with van der Waals surface area (Å²) in [6.07, 6.45) is 1.95. The third-order valence-electron chi connectivity index (χ3n) is 3.53. The van der Waals surface area contributed by atoms with Gasteiger partial charge in [0.25, 0.3) is 0 Å². The number of rotatable bonds is 9. The first-order valence-electron chi connectivity index (χ1n) is 7.97. The van der Waals surface area contributed by atoms with Crippen LogP contribution in [0.25, 0.3) is 0 Å². The molecule has 0 aliphatic carbocycles. The monoisotopic (exact) mass is 294 g/mol. The molecule has 0 aliphatic rings. The molecular weight excluding hydrogens is 264 g/mol. The van der Waals surface area contributed by atoms with Crippen LogP contribution in [0.2, 0.25) is 0 Å². The summed E-state index contributed by atoms with van der Waals surface area (Å²) in [5.74, 6) is 0.623. The second-order valence-corrected chi connectivity index (χ2v) is 5.99. The maximum atomic E-state index is 9.32. The van der Waals surface area contributed by atoms with Gasteiger partial charge in [0.1, 0.15) is 6.61 Å². The summed E-state index contributed by atoms with van der Waals surface area (Å²) in [6, 6.07) is 4.78. The van der Waals surface area contributed by atoms with E-state index >= 15 is 0 Å². The Bertz CT molecular complexity index is 411. The van der Waals surface area contributed by atoms with Crippen molar-refractivity contribution in [1.82, 2.24) is 9.88 Å². The van der Waals surface area contributed by atoms with Gasteiger partial charge in [0.15, 0.2) is 0 Å². The Balaban J connectivity index is 2.63. The standard InChI is InChI=1S/C17H30N2O2/c1-6-7-16-10-15(12-20)11-17(18-16)21-9-8-19(13(2)3)14(4)5/h10-11,13-14,20H,6-9,12H2,1-5H3. The molecule has 0 spiro atoms. The lowest BCUT2D eigenvalue weighted by molar-refractivity contribution is 0.140. The second-order valence-electron chi connectivity index (χ2n) is 5.99. The summed E-state index contributed by atoms with van der Waals surface area (Å²) in [7, 11) is 0. The van der Waals surface area contributed by atoms with Crippen LogP contribution >= 0.6 is 0 Å². The molecule has 0 aromatic carbocycles. The van der Waals surface area contributed by atoms with Crippen LogP contribution in [-0.4, -0.2) is 40.2 Å². The van der Waals surface area contributed by atoms with Crippen molar-refractivity contribution >= 4 is 0 Å². The van der Waals surface area contributed by atoms with Gasteiger partial charge < -0.3 is 9.84 Å². The molecule has 1 N–H and O–H groups in total. The van der Waals surface area contributed by atoms with Crippen LogP contribution in [0, 0.1) is 0 Å². The van der Waals surface area contributed by atoms with Crippen molar-refractivity contribution in [2.75, 3.05) is 13.2 Å². The van der Waals surface area contributed by atoms with Gasteiger partial charge in [-0.3, -0.25) is 4.90 Å². The first kappa shape index (κ1) is 17.9. The largest absolute Gasteiger partial charge is 0.476 e. The number of aliphatic hydroxyl groups excluding tert-OH is 1. The number of aryl methyl sites for hydroxylation is 1. The van der Waals surface area contributed by atoms with Gasteiger partial charge in [0.05, 0.1) is 6.61 Å². The van der Waals surface area contributed by atoms with Crippen molar-refractivity contribution in [2.45, 2.75) is 66.2 Å². The minimum Gasteiger partial charge on any atom is -0.476 e. The zero-order valence-corrected chi connectivity index (χ0v) is 14.1. The molecule has 0 saturated carbocycles. The topological polar surface area (TPSA) is 45.6 Å². The number of hydrogen-bond acceptors (Lipinski definition) is 4. The molecule has 1 aromatic heterocycles. The van der Waals surface area contributed by atoms with Gasteiger partial charge in [-0.25, -0.2) is 4.98 Å². The Kier molecular flexibility index (Phi) is 7.68. The van der Waals surface area contributed by atoms with Crippen molar-refractivity contribution in [3.63, 3.8) is 0 Å². The van der Waals surface area contributed by atoms with Crippen molar-refractivity contribution in [3.8, 4) is 5.88 Å². The van der Waals surface area contributed by atoms with Gasteiger partial charge >= 0.3 is 0 Å². The summed E-state index contributed by atoms with van der Waals surface area (Å²) >= 11 is 0. The van der Waals surface area contributed by atoms with Crippen LogP contribution in [-0.2, 0) is 13.0 Å². The average molecular weight is 294 g/mol. The molecule has 1 heterocycles. The van der Waals surface area contributed by atoms with Gasteiger partial charge in [-0.05, 0) is 45.7 Å². The van der Waals surface area contributed by atoms with Crippen LogP contribution < -0.4 is 4.74 Å². The molecule has 0 fully saturated rings. The molecule has 1 aromatic rings. The highest BCUT2D eigenvalue weighted by molar-refractivity contribution is 5.24. The quantitative estimate of drug-likeness (QED) is 0.760. The van der Waals surface area contributed by atoms with Crippen molar-refractivity contribution in [1.29, 1.82) is 0 Å². The second kappa shape index (κ2) is 9.00. The molecule has 120 valence electrons. The van der Waals surface area contributed by atoms with Gasteiger partial charge in [0, 0.05) is 30.4 Å². The Labute approximate surface area is 129 Å². The maximum Gasteiger partial charge on any atom is 0.213 e. The van der Waals surface area contributed by atoms with E-state index in [2.05, 4.69) is 44.5 Å². The van der Waals surface area contributed by atoms with Crippen LogP contribution in [0.4, 0.5) is 0 Å². The number of hydrogen-bond donors (Lipinski definition) is 1. The summed E-state index contributed by atoms with van der Waals surface area (Å²) in [4.78, 5) is 6.90. The molecule has 0 bridgehead atoms. The van der Waals surface area contributed by atoms with E-state index in [1.165, 1.54) is 0 Å². The molecule has 4 nitrogen and oxygen atoms in total. The van der Waals surface area contributed by atoms with Gasteiger partial charge in [-0.1, -0.05) is 13.3 Å². The molecule has 0 amide bonds. The normalized spacial score (nSPS) is 11.7. The number of nitrogens with zero attached hydrogens (tertiary/aromatic N) is 2. The number of pyridine rings is 1. The molecule has 4 heteroatoms. The SMILES string of the molecule is CCCc1cc(CO)cc(OCCN(C(C)C)C(C)C)n1. The molecule has 0 atom stereocenters. The lowest BCUT2D eigenvalue weighted by Gasteiger charge is -2.30. The predicted octanol–water partition coefficient (Wildman–Crippen LogP) is 3.02. The van der Waals surface area contributed by atoms with Gasteiger partial charge in [0.2, 0.25) is 5.88 Å². The maximum absolute atomic E-state index is 9.32. The van der Waals surface area contributed by atoms with Crippen molar-refractivity contribution < 1.29 is 9.84 Å². The molecule has 0 aliphatic heterocycles. The molecule has 0 unspecified atom stereocenters. The fourth-order valence-electron chi connectivity index (χ4n) is 2.54. The summed E-state index contributed by atoms with van der Waals surface area (Å²) in [5.41, 5.74) is 1.86. The zero-order chi connectivity index (χ0) is 15.8. The average Bonchev–Trinajstić information content (AvgIpc) is 2.42. The molecule has 21 heavy (non-hydrogen) atoms. The van der Waals surface area contributed by atoms with Gasteiger partial charge in [-0.2, -0.15) is 0 Å². The van der Waals surface area contributed by atoms with Crippen LogP contribution in [0.3, 0.4) is 0 Å². The van der Waals surface area contributed by atoms with E-state index in [1.54, 1.807) is 0 Å². The van der Waals surface area contributed by atoms with Crippen molar-refractivity contribution in [3.05, 3.63) is 23.4 Å². The number of aliphatic hydroxyl groups is 1. The highest BCUT2D eigenvalue weighted by Gasteiger charge is 2.13. The van der Waals surface area contributed by atoms with E-state index in [4.69, 9.17) is 4.74 Å². The third kappa shape index (κ3) is 6.02. The van der Waals surface area contributed by atoms with Gasteiger partial charge in [-0.15, -0.1) is 0 Å². The summed E-state index contributed by atoms with van der Waals surface area (Å²) < 4.78 is 5.80. The van der Waals surface area contributed by atoms with E-state index in [-0.39, 0.29) is 6.61 Å². The highest BCUT2D eigenvalue weighted by atomic mass is 16.5. The molecule has 1 rings (SSSR count). The minimum atomic E-state index is 0.0275. The van der Waals surface area contributed by atoms with E-state index in [9.17, 15) is 5.11 Å². The van der Waals surface area contributed by atoms with E-state index < -0.39 is 0 Å². The minimum absolute atomic E-state index is 0.0275. The summed E-state index contributed by atoms with van der Waals surface area (Å²) in [5, 5.41) is 9.32. The first-order valence-corrected chi connectivity index (χ1v) is 7.97. The fraction of sp³-hybridized carbons (Fsp3) is 0.706. The summed E-state index contributed by atoms with van der Waals surface area (Å²) in [6.45, 7) is 12.4. The van der Waals surface area contributed by atoms with E-state index in [0.717, 1.165) is 30.6 Å². The van der Waals surface area contributed by atoms with Crippen LogP contribution in [0.1, 0.15) is 52.3 Å². The Morgan fingerprint density at radius 3 is 2.38 bits per heavy atom. The zero-order valence-electron chi connectivity index (χ0n) is 14.1.